The van der Waals surface area contributed by atoms with Crippen molar-refractivity contribution < 1.29 is 0 Å². The van der Waals surface area contributed by atoms with Gasteiger partial charge in [-0.3, -0.25) is 4.57 Å². The summed E-state index contributed by atoms with van der Waals surface area (Å²) in [6.07, 6.45) is 0. The van der Waals surface area contributed by atoms with Crippen molar-refractivity contribution >= 4 is 32.6 Å². The molecule has 0 radical (unpaired) electrons. The summed E-state index contributed by atoms with van der Waals surface area (Å²) >= 11 is 0. The molecular formula is C52H32N2. The van der Waals surface area contributed by atoms with Gasteiger partial charge in [0.2, 0.25) is 0 Å². The highest BCUT2D eigenvalue weighted by Gasteiger charge is 2.52. The smallest absolute Gasteiger partial charge is 0.145 e. The first-order valence-corrected chi connectivity index (χ1v) is 18.7. The lowest BCUT2D eigenvalue weighted by Gasteiger charge is -2.30. The Bertz CT molecular complexity index is 3120. The van der Waals surface area contributed by atoms with Crippen LogP contribution < -0.4 is 0 Å². The Morgan fingerprint density at radius 2 is 1.07 bits per heavy atom. The van der Waals surface area contributed by atoms with Crippen LogP contribution >= 0.6 is 0 Å². The molecule has 0 saturated carbocycles. The quantitative estimate of drug-likeness (QED) is 0.181. The summed E-state index contributed by atoms with van der Waals surface area (Å²) in [7, 11) is 0. The molecule has 0 fully saturated rings. The van der Waals surface area contributed by atoms with Crippen molar-refractivity contribution in [3.63, 3.8) is 0 Å². The molecule has 0 saturated heterocycles. The fourth-order valence-corrected chi connectivity index (χ4v) is 9.72. The van der Waals surface area contributed by atoms with Crippen molar-refractivity contribution in [2.24, 2.45) is 0 Å². The molecule has 10 aromatic rings. The fourth-order valence-electron chi connectivity index (χ4n) is 9.72. The summed E-state index contributed by atoms with van der Waals surface area (Å²) < 4.78 is 2.27. The Hall–Kier alpha value is -7.03. The number of rotatable bonds is 3. The maximum Gasteiger partial charge on any atom is 0.145 e. The number of aromatic nitrogens is 2. The first kappa shape index (κ1) is 29.5. The molecule has 2 aliphatic rings. The van der Waals surface area contributed by atoms with Crippen LogP contribution in [0.5, 0.6) is 0 Å². The van der Waals surface area contributed by atoms with Gasteiger partial charge in [0, 0.05) is 11.3 Å². The van der Waals surface area contributed by atoms with E-state index < -0.39 is 5.41 Å². The Labute approximate surface area is 313 Å². The van der Waals surface area contributed by atoms with Crippen molar-refractivity contribution in [2.75, 3.05) is 0 Å². The number of hydrogen-bond acceptors (Lipinski definition) is 1. The molecule has 1 spiro atoms. The maximum absolute atomic E-state index is 5.17. The van der Waals surface area contributed by atoms with E-state index >= 15 is 0 Å². The van der Waals surface area contributed by atoms with Crippen molar-refractivity contribution in [3.05, 3.63) is 216 Å². The summed E-state index contributed by atoms with van der Waals surface area (Å²) in [4.78, 5) is 5.17. The van der Waals surface area contributed by atoms with Gasteiger partial charge in [0.25, 0.3) is 0 Å². The molecular weight excluding hydrogens is 653 g/mol. The van der Waals surface area contributed by atoms with E-state index in [9.17, 15) is 0 Å². The van der Waals surface area contributed by atoms with Gasteiger partial charge < -0.3 is 0 Å². The molecule has 0 amide bonds. The minimum atomic E-state index is -0.400. The molecule has 12 rings (SSSR count). The number of hydrogen-bond donors (Lipinski definition) is 0. The molecule has 2 nitrogen and oxygen atoms in total. The Kier molecular flexibility index (Phi) is 6.01. The third kappa shape index (κ3) is 3.92. The topological polar surface area (TPSA) is 17.8 Å². The van der Waals surface area contributed by atoms with Crippen molar-refractivity contribution in [2.45, 2.75) is 5.41 Å². The van der Waals surface area contributed by atoms with E-state index in [1.807, 2.05) is 0 Å². The molecule has 0 aliphatic heterocycles. The molecule has 1 heterocycles. The van der Waals surface area contributed by atoms with Crippen LogP contribution in [0.15, 0.2) is 194 Å². The second-order valence-electron chi connectivity index (χ2n) is 14.7. The summed E-state index contributed by atoms with van der Waals surface area (Å²) in [5.74, 6) is 0.938. The normalized spacial score (nSPS) is 13.3. The number of fused-ring (bicyclic) bond motifs is 14. The third-order valence-electron chi connectivity index (χ3n) is 12.0. The van der Waals surface area contributed by atoms with E-state index in [1.165, 1.54) is 77.2 Å². The van der Waals surface area contributed by atoms with Crippen LogP contribution in [0.1, 0.15) is 22.3 Å². The molecule has 2 aliphatic carbocycles. The van der Waals surface area contributed by atoms with E-state index in [2.05, 4.69) is 199 Å². The molecule has 2 heteroatoms. The van der Waals surface area contributed by atoms with Gasteiger partial charge in [-0.25, -0.2) is 4.98 Å². The second kappa shape index (κ2) is 11.0. The van der Waals surface area contributed by atoms with Crippen LogP contribution in [0.3, 0.4) is 0 Å². The van der Waals surface area contributed by atoms with E-state index in [0.29, 0.717) is 0 Å². The van der Waals surface area contributed by atoms with Gasteiger partial charge in [-0.15, -0.1) is 0 Å². The zero-order chi connectivity index (χ0) is 35.4. The van der Waals surface area contributed by atoms with Crippen LogP contribution in [0.4, 0.5) is 0 Å². The van der Waals surface area contributed by atoms with Crippen LogP contribution in [-0.2, 0) is 5.41 Å². The predicted octanol–water partition coefficient (Wildman–Crippen LogP) is 13.0. The highest BCUT2D eigenvalue weighted by molar-refractivity contribution is 6.08. The summed E-state index contributed by atoms with van der Waals surface area (Å²) in [5, 5.41) is 5.07. The lowest BCUT2D eigenvalue weighted by molar-refractivity contribution is 0.795. The standard InChI is InChI=1S/C52H32N2/c1-2-16-39(17-3-1)54-49-24-11-10-23-48(49)53-51(54)37-15-12-14-34(29-37)35-25-26-36-31-43-47(32-38(36)30-35)52(46-28-27-33-13-4-5-18-40(33)50(43)46)44-21-8-6-19-41(44)42-20-7-9-22-45(42)52/h1-32H. The van der Waals surface area contributed by atoms with Gasteiger partial charge in [-0.2, -0.15) is 0 Å². The Morgan fingerprint density at radius 1 is 0.389 bits per heavy atom. The van der Waals surface area contributed by atoms with Gasteiger partial charge in [0.05, 0.1) is 16.4 Å². The highest BCUT2D eigenvalue weighted by Crippen LogP contribution is 2.64. The molecule has 0 N–H and O–H groups in total. The maximum atomic E-state index is 5.17. The summed E-state index contributed by atoms with van der Waals surface area (Å²) in [5.41, 5.74) is 17.0. The van der Waals surface area contributed by atoms with Crippen LogP contribution in [0.25, 0.3) is 83.0 Å². The molecule has 0 bridgehead atoms. The van der Waals surface area contributed by atoms with Gasteiger partial charge in [0.15, 0.2) is 0 Å². The van der Waals surface area contributed by atoms with Crippen molar-refractivity contribution in [1.82, 2.24) is 9.55 Å². The zero-order valence-corrected chi connectivity index (χ0v) is 29.4. The molecule has 9 aromatic carbocycles. The molecule has 0 atom stereocenters. The van der Waals surface area contributed by atoms with Crippen molar-refractivity contribution in [3.8, 4) is 50.5 Å². The monoisotopic (exact) mass is 684 g/mol. The van der Waals surface area contributed by atoms with Crippen LogP contribution in [-0.4, -0.2) is 9.55 Å². The van der Waals surface area contributed by atoms with Gasteiger partial charge in [-0.1, -0.05) is 146 Å². The SMILES string of the molecule is c1ccc(-n2c(-c3cccc(-c4ccc5cc6c(cc5c4)C4(c5ccccc5-c5ccccc54)c4ccc5ccccc5c4-6)c3)nc3ccccc32)cc1. The fraction of sp³-hybridized carbons (Fsp3) is 0.0192. The minimum Gasteiger partial charge on any atom is -0.292 e. The highest BCUT2D eigenvalue weighted by atomic mass is 15.1. The largest absolute Gasteiger partial charge is 0.292 e. The summed E-state index contributed by atoms with van der Waals surface area (Å²) in [6.45, 7) is 0. The Balaban J connectivity index is 1.08. The predicted molar refractivity (Wildman–Crippen MR) is 223 cm³/mol. The zero-order valence-electron chi connectivity index (χ0n) is 29.4. The van der Waals surface area contributed by atoms with Crippen LogP contribution in [0.2, 0.25) is 0 Å². The average molecular weight is 685 g/mol. The van der Waals surface area contributed by atoms with E-state index in [1.54, 1.807) is 0 Å². The number of benzene rings is 9. The lowest BCUT2D eigenvalue weighted by atomic mass is 9.70. The lowest BCUT2D eigenvalue weighted by Crippen LogP contribution is -2.25. The third-order valence-corrected chi connectivity index (χ3v) is 12.0. The second-order valence-corrected chi connectivity index (χ2v) is 14.7. The van der Waals surface area contributed by atoms with E-state index in [0.717, 1.165) is 28.1 Å². The Morgan fingerprint density at radius 3 is 1.93 bits per heavy atom. The van der Waals surface area contributed by atoms with E-state index in [-0.39, 0.29) is 0 Å². The van der Waals surface area contributed by atoms with Crippen molar-refractivity contribution in [1.29, 1.82) is 0 Å². The summed E-state index contributed by atoms with van der Waals surface area (Å²) in [6, 6.07) is 71.4. The molecule has 0 unspecified atom stereocenters. The number of imidazole rings is 1. The number of para-hydroxylation sites is 3. The van der Waals surface area contributed by atoms with Gasteiger partial charge in [-0.05, 0) is 126 Å². The van der Waals surface area contributed by atoms with Crippen LogP contribution in [0, 0.1) is 0 Å². The average Bonchev–Trinajstić information content (AvgIpc) is 3.87. The first-order chi connectivity index (χ1) is 26.8. The number of nitrogens with zero attached hydrogens (tertiary/aromatic N) is 2. The first-order valence-electron chi connectivity index (χ1n) is 18.7. The molecule has 54 heavy (non-hydrogen) atoms. The molecule has 1 aromatic heterocycles. The van der Waals surface area contributed by atoms with E-state index in [4.69, 9.17) is 4.98 Å². The molecule has 250 valence electrons. The minimum absolute atomic E-state index is 0.400. The van der Waals surface area contributed by atoms with Gasteiger partial charge in [0.1, 0.15) is 5.82 Å². The van der Waals surface area contributed by atoms with Gasteiger partial charge >= 0.3 is 0 Å².